The first-order chi connectivity index (χ1) is 9.60. The van der Waals surface area contributed by atoms with Gasteiger partial charge in [0.1, 0.15) is 6.61 Å². The quantitative estimate of drug-likeness (QED) is 0.769. The molecule has 0 bridgehead atoms. The first-order valence-electron chi connectivity index (χ1n) is 6.80. The Morgan fingerprint density at radius 1 is 0.900 bits per heavy atom. The van der Waals surface area contributed by atoms with Gasteiger partial charge in [-0.3, -0.25) is 4.79 Å². The standard InChI is InChI=1S/C18H20O2/c1-13-4-6-16(8-15(13)3)9-17-7-5-14(2)18(10-17)11-20-12-19/h4-8,10,12H,9,11H2,1-3H3. The van der Waals surface area contributed by atoms with E-state index >= 15 is 0 Å². The van der Waals surface area contributed by atoms with Crippen molar-refractivity contribution < 1.29 is 9.53 Å². The van der Waals surface area contributed by atoms with Gasteiger partial charge in [0.2, 0.25) is 0 Å². The van der Waals surface area contributed by atoms with E-state index < -0.39 is 0 Å². The molecule has 0 aliphatic carbocycles. The fourth-order valence-corrected chi connectivity index (χ4v) is 2.26. The van der Waals surface area contributed by atoms with Crippen molar-refractivity contribution >= 4 is 6.47 Å². The molecule has 2 heteroatoms. The van der Waals surface area contributed by atoms with E-state index in [4.69, 9.17) is 4.74 Å². The summed E-state index contributed by atoms with van der Waals surface area (Å²) in [6.45, 7) is 7.13. The lowest BCUT2D eigenvalue weighted by molar-refractivity contribution is -0.129. The highest BCUT2D eigenvalue weighted by molar-refractivity contribution is 5.40. The maximum Gasteiger partial charge on any atom is 0.293 e. The van der Waals surface area contributed by atoms with Crippen LogP contribution in [0.5, 0.6) is 0 Å². The van der Waals surface area contributed by atoms with Crippen LogP contribution in [0.3, 0.4) is 0 Å². The summed E-state index contributed by atoms with van der Waals surface area (Å²) in [6.07, 6.45) is 0.898. The van der Waals surface area contributed by atoms with Crippen molar-refractivity contribution in [2.45, 2.75) is 33.8 Å². The second kappa shape index (κ2) is 6.38. The van der Waals surface area contributed by atoms with Gasteiger partial charge < -0.3 is 4.74 Å². The molecule has 104 valence electrons. The first kappa shape index (κ1) is 14.3. The van der Waals surface area contributed by atoms with Crippen molar-refractivity contribution in [3.63, 3.8) is 0 Å². The molecule has 0 aliphatic rings. The number of benzene rings is 2. The molecule has 2 aromatic rings. The SMILES string of the molecule is Cc1ccc(Cc2ccc(C)c(COC=O)c2)cc1C. The lowest BCUT2D eigenvalue weighted by atomic mass is 9.98. The number of ether oxygens (including phenoxy) is 1. The summed E-state index contributed by atoms with van der Waals surface area (Å²) < 4.78 is 4.86. The second-order valence-corrected chi connectivity index (χ2v) is 5.26. The highest BCUT2D eigenvalue weighted by atomic mass is 16.5. The van der Waals surface area contributed by atoms with E-state index in [2.05, 4.69) is 50.2 Å². The smallest absolute Gasteiger partial charge is 0.293 e. The Morgan fingerprint density at radius 3 is 2.20 bits per heavy atom. The second-order valence-electron chi connectivity index (χ2n) is 5.26. The van der Waals surface area contributed by atoms with E-state index in [0.717, 1.165) is 17.5 Å². The van der Waals surface area contributed by atoms with Crippen LogP contribution in [0.25, 0.3) is 0 Å². The molecule has 0 unspecified atom stereocenters. The number of rotatable bonds is 5. The molecule has 2 aromatic carbocycles. The Labute approximate surface area is 120 Å². The maximum absolute atomic E-state index is 10.3. The van der Waals surface area contributed by atoms with Crippen molar-refractivity contribution in [1.29, 1.82) is 0 Å². The Balaban J connectivity index is 2.20. The third kappa shape index (κ3) is 3.47. The minimum Gasteiger partial charge on any atom is -0.463 e. The zero-order valence-electron chi connectivity index (χ0n) is 12.3. The normalized spacial score (nSPS) is 10.3. The lowest BCUT2D eigenvalue weighted by Gasteiger charge is -2.09. The van der Waals surface area contributed by atoms with E-state index in [1.54, 1.807) is 0 Å². The van der Waals surface area contributed by atoms with Crippen molar-refractivity contribution in [2.24, 2.45) is 0 Å². The van der Waals surface area contributed by atoms with Crippen molar-refractivity contribution in [3.05, 3.63) is 69.8 Å². The van der Waals surface area contributed by atoms with E-state index in [1.807, 2.05) is 6.92 Å². The summed E-state index contributed by atoms with van der Waals surface area (Å²) in [7, 11) is 0. The molecule has 0 heterocycles. The van der Waals surface area contributed by atoms with E-state index in [0.29, 0.717) is 13.1 Å². The number of carbonyl (C=O) groups excluding carboxylic acids is 1. The molecule has 0 radical (unpaired) electrons. The van der Waals surface area contributed by atoms with Crippen LogP contribution in [-0.2, 0) is 22.6 Å². The molecule has 0 amide bonds. The third-order valence-electron chi connectivity index (χ3n) is 3.70. The fourth-order valence-electron chi connectivity index (χ4n) is 2.26. The first-order valence-corrected chi connectivity index (χ1v) is 6.80. The van der Waals surface area contributed by atoms with Crippen LogP contribution in [-0.4, -0.2) is 6.47 Å². The van der Waals surface area contributed by atoms with Crippen LogP contribution in [0.4, 0.5) is 0 Å². The Kier molecular flexibility index (Phi) is 4.57. The average Bonchev–Trinajstić information content (AvgIpc) is 2.43. The zero-order valence-corrected chi connectivity index (χ0v) is 12.3. The zero-order chi connectivity index (χ0) is 14.5. The van der Waals surface area contributed by atoms with Gasteiger partial charge in [-0.2, -0.15) is 0 Å². The minimum absolute atomic E-state index is 0.343. The summed E-state index contributed by atoms with van der Waals surface area (Å²) in [5, 5.41) is 0. The molecule has 0 aliphatic heterocycles. The van der Waals surface area contributed by atoms with Gasteiger partial charge in [-0.25, -0.2) is 0 Å². The fraction of sp³-hybridized carbons (Fsp3) is 0.278. The third-order valence-corrected chi connectivity index (χ3v) is 3.70. The number of hydrogen-bond acceptors (Lipinski definition) is 2. The molecule has 0 saturated carbocycles. The van der Waals surface area contributed by atoms with Gasteiger partial charge in [-0.1, -0.05) is 36.4 Å². The van der Waals surface area contributed by atoms with Gasteiger partial charge in [0.25, 0.3) is 6.47 Å². The lowest BCUT2D eigenvalue weighted by Crippen LogP contribution is -1.97. The molecule has 0 aromatic heterocycles. The van der Waals surface area contributed by atoms with Crippen molar-refractivity contribution in [1.82, 2.24) is 0 Å². The molecule has 20 heavy (non-hydrogen) atoms. The molecule has 2 nitrogen and oxygen atoms in total. The summed E-state index contributed by atoms with van der Waals surface area (Å²) >= 11 is 0. The molecular weight excluding hydrogens is 248 g/mol. The van der Waals surface area contributed by atoms with Gasteiger partial charge in [0.15, 0.2) is 0 Å². The van der Waals surface area contributed by atoms with Gasteiger partial charge in [-0.05, 0) is 60.6 Å². The summed E-state index contributed by atoms with van der Waals surface area (Å²) in [5.41, 5.74) is 7.40. The number of carbonyl (C=O) groups is 1. The highest BCUT2D eigenvalue weighted by Gasteiger charge is 2.03. The molecule has 2 rings (SSSR count). The molecule has 0 N–H and O–H groups in total. The molecule has 0 fully saturated rings. The topological polar surface area (TPSA) is 26.3 Å². The van der Waals surface area contributed by atoms with Gasteiger partial charge >= 0.3 is 0 Å². The summed E-state index contributed by atoms with van der Waals surface area (Å²) in [6, 6.07) is 12.9. The van der Waals surface area contributed by atoms with E-state index in [-0.39, 0.29) is 0 Å². The highest BCUT2D eigenvalue weighted by Crippen LogP contribution is 2.17. The number of aryl methyl sites for hydroxylation is 3. The van der Waals surface area contributed by atoms with E-state index in [1.165, 1.54) is 22.3 Å². The Bertz CT molecular complexity index is 615. The van der Waals surface area contributed by atoms with E-state index in [9.17, 15) is 4.79 Å². The van der Waals surface area contributed by atoms with Crippen molar-refractivity contribution in [3.8, 4) is 0 Å². The van der Waals surface area contributed by atoms with Gasteiger partial charge in [-0.15, -0.1) is 0 Å². The van der Waals surface area contributed by atoms with Crippen molar-refractivity contribution in [2.75, 3.05) is 0 Å². The van der Waals surface area contributed by atoms with Crippen LogP contribution in [0.2, 0.25) is 0 Å². The van der Waals surface area contributed by atoms with Crippen LogP contribution in [0.15, 0.2) is 36.4 Å². The summed E-state index contributed by atoms with van der Waals surface area (Å²) in [5.74, 6) is 0. The van der Waals surface area contributed by atoms with Crippen LogP contribution >= 0.6 is 0 Å². The Morgan fingerprint density at radius 2 is 1.55 bits per heavy atom. The molecule has 0 atom stereocenters. The predicted molar refractivity (Wildman–Crippen MR) is 80.8 cm³/mol. The monoisotopic (exact) mass is 268 g/mol. The van der Waals surface area contributed by atoms with Crippen LogP contribution in [0, 0.1) is 20.8 Å². The van der Waals surface area contributed by atoms with Gasteiger partial charge in [0.05, 0.1) is 0 Å². The minimum atomic E-state index is 0.343. The average molecular weight is 268 g/mol. The maximum atomic E-state index is 10.3. The van der Waals surface area contributed by atoms with Crippen LogP contribution in [0.1, 0.15) is 33.4 Å². The molecule has 0 saturated heterocycles. The summed E-state index contributed by atoms with van der Waals surface area (Å²) in [4.78, 5) is 10.3. The predicted octanol–water partition coefficient (Wildman–Crippen LogP) is 3.88. The Hall–Kier alpha value is -2.09. The largest absolute Gasteiger partial charge is 0.463 e. The molecular formula is C18H20O2. The van der Waals surface area contributed by atoms with Crippen LogP contribution < -0.4 is 0 Å². The molecule has 0 spiro atoms. The number of hydrogen-bond donors (Lipinski definition) is 0. The van der Waals surface area contributed by atoms with Gasteiger partial charge in [0, 0.05) is 0 Å².